The van der Waals surface area contributed by atoms with Crippen LogP contribution >= 0.6 is 11.3 Å². The number of benzene rings is 4. The monoisotopic (exact) mass is 1010 g/mol. The van der Waals surface area contributed by atoms with Crippen molar-refractivity contribution >= 4 is 44.8 Å². The van der Waals surface area contributed by atoms with Gasteiger partial charge in [-0.25, -0.2) is 4.39 Å². The van der Waals surface area contributed by atoms with Crippen LogP contribution in [0.3, 0.4) is 0 Å². The van der Waals surface area contributed by atoms with E-state index in [4.69, 9.17) is 9.97 Å². The third-order valence-electron chi connectivity index (χ3n) is 12.6. The molecule has 0 unspecified atom stereocenters. The maximum Gasteiger partial charge on any atom is 0.123 e. The maximum atomic E-state index is 13.4. The standard InChI is InChI=1S/C29H23FNS.C25H36NSi.Ir/c30-23-11-8-21(9-12-23)22-10-13-28-26(18-22)24-6-3-7-25(29(24)32-28)27-17-20(14-15-31-27)16-19-4-1-2-5-19;1-18(2)14-22-16-24(26-17-25(22)27(4,5)6)23-13-12-21(15-19(23)3)20-10-8-7-9-11-20;/h3,6,8-15,17-19H,1-2,4-5,16H2;12,15-18,20H,7-11,14H2,1-6H3;/q2*-1;. The van der Waals surface area contributed by atoms with Crippen LogP contribution in [0.4, 0.5) is 4.39 Å². The second kappa shape index (κ2) is 19.5. The molecule has 2 nitrogen and oxygen atoms in total. The Kier molecular flexibility index (Phi) is 14.4. The van der Waals surface area contributed by atoms with Crippen molar-refractivity contribution in [3.05, 3.63) is 138 Å². The molecule has 9 rings (SSSR count). The van der Waals surface area contributed by atoms with Crippen LogP contribution in [0.2, 0.25) is 19.6 Å². The van der Waals surface area contributed by atoms with Gasteiger partial charge in [0.1, 0.15) is 5.82 Å². The molecule has 2 aliphatic carbocycles. The fourth-order valence-corrected chi connectivity index (χ4v) is 12.3. The Balaban J connectivity index is 0.000000182. The van der Waals surface area contributed by atoms with Crippen molar-refractivity contribution in [1.82, 2.24) is 9.97 Å². The topological polar surface area (TPSA) is 25.8 Å². The Morgan fingerprint density at radius 3 is 2.20 bits per heavy atom. The summed E-state index contributed by atoms with van der Waals surface area (Å²) in [5.41, 5.74) is 12.2. The minimum atomic E-state index is -1.39. The van der Waals surface area contributed by atoms with E-state index in [2.05, 4.69) is 113 Å². The Bertz CT molecular complexity index is 2540. The summed E-state index contributed by atoms with van der Waals surface area (Å²) in [5.74, 6) is 2.01. The number of fused-ring (bicyclic) bond motifs is 3. The minimum Gasteiger partial charge on any atom is -0.305 e. The summed E-state index contributed by atoms with van der Waals surface area (Å²) in [6.07, 6.45) is 18.7. The molecule has 4 aromatic carbocycles. The van der Waals surface area contributed by atoms with Crippen LogP contribution in [-0.2, 0) is 32.9 Å². The van der Waals surface area contributed by atoms with Crippen LogP contribution in [0.25, 0.3) is 53.8 Å². The van der Waals surface area contributed by atoms with E-state index in [1.54, 1.807) is 11.3 Å². The van der Waals surface area contributed by atoms with Gasteiger partial charge in [-0.1, -0.05) is 151 Å². The number of pyridine rings is 2. The summed E-state index contributed by atoms with van der Waals surface area (Å²) in [7, 11) is -1.39. The third kappa shape index (κ3) is 10.3. The molecule has 6 heteroatoms. The van der Waals surface area contributed by atoms with E-state index >= 15 is 0 Å². The third-order valence-corrected chi connectivity index (χ3v) is 15.9. The largest absolute Gasteiger partial charge is 0.305 e. The Hall–Kier alpha value is -3.80. The van der Waals surface area contributed by atoms with E-state index in [0.717, 1.165) is 52.8 Å². The van der Waals surface area contributed by atoms with Gasteiger partial charge in [-0.2, -0.15) is 11.3 Å². The first-order valence-corrected chi connectivity index (χ1v) is 26.4. The zero-order valence-electron chi connectivity index (χ0n) is 36.3. The summed E-state index contributed by atoms with van der Waals surface area (Å²) < 4.78 is 15.8. The number of hydrogen-bond acceptors (Lipinski definition) is 3. The number of aromatic nitrogens is 2. The van der Waals surface area contributed by atoms with Crippen molar-refractivity contribution in [3.8, 4) is 33.6 Å². The SMILES string of the molecule is Cc1cc(C2CCCCC2)c[c-]c1-c1cc(CC(C)C)c([Si](C)(C)C)cn1.Fc1ccc(-c2ccc3sc4c(-c5cc(CC6CCCC6)ccn5)[c-]ccc4c3c2)cc1.[Ir]. The molecule has 60 heavy (non-hydrogen) atoms. The minimum absolute atomic E-state index is 0. The van der Waals surface area contributed by atoms with Crippen LogP contribution < -0.4 is 5.19 Å². The van der Waals surface area contributed by atoms with Gasteiger partial charge in [0.05, 0.1) is 8.07 Å². The average molecular weight is 1010 g/mol. The second-order valence-electron chi connectivity index (χ2n) is 18.7. The summed E-state index contributed by atoms with van der Waals surface area (Å²) in [5, 5.41) is 3.96. The van der Waals surface area contributed by atoms with E-state index in [-0.39, 0.29) is 25.9 Å². The number of thiophene rings is 1. The van der Waals surface area contributed by atoms with Crippen molar-refractivity contribution in [2.24, 2.45) is 11.8 Å². The van der Waals surface area contributed by atoms with Crippen molar-refractivity contribution in [2.45, 2.75) is 117 Å². The van der Waals surface area contributed by atoms with Crippen LogP contribution in [0.5, 0.6) is 0 Å². The zero-order valence-corrected chi connectivity index (χ0v) is 40.5. The molecule has 1 radical (unpaired) electrons. The van der Waals surface area contributed by atoms with Gasteiger partial charge in [0.2, 0.25) is 0 Å². The van der Waals surface area contributed by atoms with E-state index in [1.165, 1.54) is 123 Å². The number of halogens is 1. The molecule has 0 aliphatic heterocycles. The molecule has 7 aromatic rings. The Labute approximate surface area is 376 Å². The first-order valence-electron chi connectivity index (χ1n) is 22.1. The van der Waals surface area contributed by atoms with Gasteiger partial charge in [0, 0.05) is 37.2 Å². The van der Waals surface area contributed by atoms with E-state index in [1.807, 2.05) is 24.4 Å². The molecule has 0 amide bonds. The number of hydrogen-bond donors (Lipinski definition) is 0. The molecule has 0 spiro atoms. The molecular weight excluding hydrogens is 948 g/mol. The van der Waals surface area contributed by atoms with Crippen LogP contribution in [-0.4, -0.2) is 18.0 Å². The predicted octanol–water partition coefficient (Wildman–Crippen LogP) is 15.1. The van der Waals surface area contributed by atoms with Gasteiger partial charge < -0.3 is 9.97 Å². The molecule has 2 aliphatic rings. The number of rotatable bonds is 9. The van der Waals surface area contributed by atoms with Gasteiger partial charge in [-0.3, -0.25) is 0 Å². The van der Waals surface area contributed by atoms with Crippen LogP contribution in [0.15, 0.2) is 97.3 Å². The van der Waals surface area contributed by atoms with Gasteiger partial charge in [0.15, 0.2) is 0 Å². The fourth-order valence-electron chi connectivity index (χ4n) is 9.54. The summed E-state index contributed by atoms with van der Waals surface area (Å²) in [6, 6.07) is 35.9. The van der Waals surface area contributed by atoms with Crippen molar-refractivity contribution in [3.63, 3.8) is 0 Å². The molecule has 3 heterocycles. The predicted molar refractivity (Wildman–Crippen MR) is 253 cm³/mol. The normalized spacial score (nSPS) is 15.0. The smallest absolute Gasteiger partial charge is 0.123 e. The van der Waals surface area contributed by atoms with Crippen molar-refractivity contribution < 1.29 is 24.5 Å². The average Bonchev–Trinajstić information content (AvgIpc) is 3.89. The zero-order chi connectivity index (χ0) is 41.1. The second-order valence-corrected chi connectivity index (χ2v) is 24.8. The first kappa shape index (κ1) is 44.3. The molecule has 0 saturated heterocycles. The van der Waals surface area contributed by atoms with Gasteiger partial charge in [0.25, 0.3) is 0 Å². The van der Waals surface area contributed by atoms with E-state index in [0.29, 0.717) is 5.92 Å². The van der Waals surface area contributed by atoms with Crippen molar-refractivity contribution in [1.29, 1.82) is 0 Å². The van der Waals surface area contributed by atoms with E-state index < -0.39 is 8.07 Å². The Morgan fingerprint density at radius 2 is 1.48 bits per heavy atom. The molecule has 3 aromatic heterocycles. The molecule has 2 fully saturated rings. The quantitative estimate of drug-likeness (QED) is 0.106. The van der Waals surface area contributed by atoms with Gasteiger partial charge >= 0.3 is 0 Å². The molecule has 2 saturated carbocycles. The number of aryl methyl sites for hydroxylation is 1. The molecule has 0 bridgehead atoms. The summed E-state index contributed by atoms with van der Waals surface area (Å²) in [4.78, 5) is 9.61. The fraction of sp³-hybridized carbons (Fsp3) is 0.370. The molecular formula is C54H59FIrN2SSi-2. The Morgan fingerprint density at radius 1 is 0.767 bits per heavy atom. The van der Waals surface area contributed by atoms with Gasteiger partial charge in [-0.15, -0.1) is 58.7 Å². The molecule has 0 N–H and O–H groups in total. The molecule has 313 valence electrons. The van der Waals surface area contributed by atoms with Crippen molar-refractivity contribution in [2.75, 3.05) is 0 Å². The summed E-state index contributed by atoms with van der Waals surface area (Å²) in [6.45, 7) is 14.1. The first-order chi connectivity index (χ1) is 28.5. The van der Waals surface area contributed by atoms with E-state index in [9.17, 15) is 4.39 Å². The summed E-state index contributed by atoms with van der Waals surface area (Å²) >= 11 is 1.80. The molecule has 0 atom stereocenters. The maximum absolute atomic E-state index is 13.4. The van der Waals surface area contributed by atoms with Gasteiger partial charge in [-0.05, 0) is 92.8 Å². The number of nitrogens with zero attached hydrogens (tertiary/aromatic N) is 2. The van der Waals surface area contributed by atoms with Crippen LogP contribution in [0, 0.1) is 36.7 Å². The van der Waals surface area contributed by atoms with Crippen LogP contribution in [0.1, 0.15) is 99.8 Å².